The molecule has 0 spiro atoms. The first-order valence-electron chi connectivity index (χ1n) is 9.49. The minimum Gasteiger partial charge on any atom is -0.493 e. The van der Waals surface area contributed by atoms with E-state index in [2.05, 4.69) is 25.5 Å². The highest BCUT2D eigenvalue weighted by Gasteiger charge is 2.16. The van der Waals surface area contributed by atoms with Crippen LogP contribution in [0.15, 0.2) is 48.8 Å². The zero-order chi connectivity index (χ0) is 19.3. The number of nitrogens with one attached hydrogen (secondary N) is 2. The fourth-order valence-corrected chi connectivity index (χ4v) is 3.30. The maximum Gasteiger partial charge on any atom is 0.260 e. The van der Waals surface area contributed by atoms with Crippen LogP contribution in [0.4, 0.5) is 11.6 Å². The first kappa shape index (κ1) is 18.2. The Kier molecular flexibility index (Phi) is 5.34. The Bertz CT molecular complexity index is 968. The number of ether oxygens (including phenoxy) is 1. The number of benzene rings is 2. The smallest absolute Gasteiger partial charge is 0.260 e. The molecule has 1 amide bonds. The van der Waals surface area contributed by atoms with Gasteiger partial charge in [-0.2, -0.15) is 0 Å². The molecule has 3 aromatic rings. The van der Waals surface area contributed by atoms with Gasteiger partial charge < -0.3 is 20.3 Å². The van der Waals surface area contributed by atoms with E-state index in [0.717, 1.165) is 42.8 Å². The number of piperazine rings is 1. The van der Waals surface area contributed by atoms with E-state index in [1.165, 1.54) is 0 Å². The maximum atomic E-state index is 12.9. The monoisotopic (exact) mass is 377 g/mol. The Morgan fingerprint density at radius 2 is 1.89 bits per heavy atom. The number of fused-ring (bicyclic) bond motifs is 1. The lowest BCUT2D eigenvalue weighted by atomic mass is 10.1. The lowest BCUT2D eigenvalue weighted by Crippen LogP contribution is -2.43. The summed E-state index contributed by atoms with van der Waals surface area (Å²) in [7, 11) is 0. The van der Waals surface area contributed by atoms with Crippen molar-refractivity contribution in [2.75, 3.05) is 43.0 Å². The molecular formula is C21H23N5O2. The highest BCUT2D eigenvalue weighted by molar-refractivity contribution is 6.08. The molecule has 1 aromatic heterocycles. The number of rotatable bonds is 5. The lowest BCUT2D eigenvalue weighted by Gasteiger charge is -2.28. The predicted molar refractivity (Wildman–Crippen MR) is 110 cm³/mol. The molecule has 1 saturated heterocycles. The summed E-state index contributed by atoms with van der Waals surface area (Å²) in [5.74, 6) is 1.53. The van der Waals surface area contributed by atoms with Crippen molar-refractivity contribution in [2.24, 2.45) is 0 Å². The third-order valence-corrected chi connectivity index (χ3v) is 4.71. The molecule has 0 aliphatic carbocycles. The van der Waals surface area contributed by atoms with Crippen molar-refractivity contribution in [3.63, 3.8) is 0 Å². The van der Waals surface area contributed by atoms with E-state index in [4.69, 9.17) is 4.74 Å². The van der Waals surface area contributed by atoms with Crippen LogP contribution in [0, 0.1) is 0 Å². The van der Waals surface area contributed by atoms with Gasteiger partial charge in [-0.25, -0.2) is 9.97 Å². The molecule has 7 heteroatoms. The standard InChI is InChI=1S/C21H23N5O2/c1-2-28-18-12-16-6-4-3-5-15(16)11-17(18)21(27)25-19-13-24-20(14-23-19)26-9-7-22-8-10-26/h3-6,11-14,22H,2,7-10H2,1H3,(H,23,25,27). The Morgan fingerprint density at radius 1 is 1.14 bits per heavy atom. The minimum absolute atomic E-state index is 0.265. The summed E-state index contributed by atoms with van der Waals surface area (Å²) in [4.78, 5) is 23.8. The van der Waals surface area contributed by atoms with Gasteiger partial charge in [0.25, 0.3) is 5.91 Å². The summed E-state index contributed by atoms with van der Waals surface area (Å²) >= 11 is 0. The molecule has 1 aliphatic heterocycles. The molecule has 1 aliphatic rings. The molecule has 0 atom stereocenters. The number of nitrogens with zero attached hydrogens (tertiary/aromatic N) is 3. The second kappa shape index (κ2) is 8.22. The zero-order valence-electron chi connectivity index (χ0n) is 15.8. The van der Waals surface area contributed by atoms with Crippen molar-refractivity contribution in [3.8, 4) is 5.75 Å². The van der Waals surface area contributed by atoms with E-state index in [1.54, 1.807) is 12.4 Å². The van der Waals surface area contributed by atoms with Gasteiger partial charge >= 0.3 is 0 Å². The predicted octanol–water partition coefficient (Wildman–Crippen LogP) is 2.69. The molecule has 2 heterocycles. The van der Waals surface area contributed by atoms with Crippen molar-refractivity contribution in [2.45, 2.75) is 6.92 Å². The molecular weight excluding hydrogens is 354 g/mol. The Morgan fingerprint density at radius 3 is 2.57 bits per heavy atom. The average molecular weight is 377 g/mol. The topological polar surface area (TPSA) is 79.4 Å². The van der Waals surface area contributed by atoms with Crippen LogP contribution in [0.5, 0.6) is 5.75 Å². The van der Waals surface area contributed by atoms with E-state index in [-0.39, 0.29) is 5.91 Å². The number of anilines is 2. The fraction of sp³-hybridized carbons (Fsp3) is 0.286. The Balaban J connectivity index is 1.55. The lowest BCUT2D eigenvalue weighted by molar-refractivity contribution is 0.102. The van der Waals surface area contributed by atoms with Crippen LogP contribution >= 0.6 is 0 Å². The first-order chi connectivity index (χ1) is 13.7. The van der Waals surface area contributed by atoms with Gasteiger partial charge in [0, 0.05) is 26.2 Å². The Hall–Kier alpha value is -3.19. The van der Waals surface area contributed by atoms with Crippen LogP contribution in [0.1, 0.15) is 17.3 Å². The number of aromatic nitrogens is 2. The summed E-state index contributed by atoms with van der Waals surface area (Å²) in [6.45, 7) is 6.05. The summed E-state index contributed by atoms with van der Waals surface area (Å²) in [5, 5.41) is 8.15. The number of carbonyl (C=O) groups excluding carboxylic acids is 1. The number of hydrogen-bond acceptors (Lipinski definition) is 6. The third kappa shape index (κ3) is 3.89. The van der Waals surface area contributed by atoms with E-state index in [9.17, 15) is 4.79 Å². The normalized spacial score (nSPS) is 14.1. The average Bonchev–Trinajstić information content (AvgIpc) is 2.74. The summed E-state index contributed by atoms with van der Waals surface area (Å²) in [6.07, 6.45) is 3.29. The molecule has 2 N–H and O–H groups in total. The number of carbonyl (C=O) groups is 1. The summed E-state index contributed by atoms with van der Waals surface area (Å²) < 4.78 is 5.69. The third-order valence-electron chi connectivity index (χ3n) is 4.71. The van der Waals surface area contributed by atoms with Gasteiger partial charge in [-0.05, 0) is 29.8 Å². The Labute approximate surface area is 163 Å². The van der Waals surface area contributed by atoms with Crippen LogP contribution in [0.3, 0.4) is 0 Å². The van der Waals surface area contributed by atoms with Gasteiger partial charge in [0.05, 0.1) is 24.6 Å². The van der Waals surface area contributed by atoms with Crippen LogP contribution in [-0.2, 0) is 0 Å². The highest BCUT2D eigenvalue weighted by Crippen LogP contribution is 2.27. The minimum atomic E-state index is -0.265. The first-order valence-corrected chi connectivity index (χ1v) is 9.49. The van der Waals surface area contributed by atoms with Crippen LogP contribution in [0.2, 0.25) is 0 Å². The largest absolute Gasteiger partial charge is 0.493 e. The second-order valence-corrected chi connectivity index (χ2v) is 6.58. The fourth-order valence-electron chi connectivity index (χ4n) is 3.30. The van der Waals surface area contributed by atoms with E-state index in [0.29, 0.717) is 23.7 Å². The maximum absolute atomic E-state index is 12.9. The van der Waals surface area contributed by atoms with Gasteiger partial charge in [-0.3, -0.25) is 4.79 Å². The molecule has 1 fully saturated rings. The van der Waals surface area contributed by atoms with Crippen molar-refractivity contribution in [3.05, 3.63) is 54.4 Å². The molecule has 0 unspecified atom stereocenters. The zero-order valence-corrected chi connectivity index (χ0v) is 15.8. The van der Waals surface area contributed by atoms with Crippen LogP contribution < -0.4 is 20.3 Å². The van der Waals surface area contributed by atoms with Gasteiger partial charge in [0.1, 0.15) is 11.6 Å². The quantitative estimate of drug-likeness (QED) is 0.712. The van der Waals surface area contributed by atoms with Gasteiger partial charge in [0.2, 0.25) is 0 Å². The van der Waals surface area contributed by atoms with Crippen molar-refractivity contribution in [1.29, 1.82) is 0 Å². The molecule has 0 saturated carbocycles. The number of amides is 1. The van der Waals surface area contributed by atoms with Gasteiger partial charge in [-0.1, -0.05) is 24.3 Å². The SMILES string of the molecule is CCOc1cc2ccccc2cc1C(=O)Nc1cnc(N2CCNCC2)cn1. The summed E-state index contributed by atoms with van der Waals surface area (Å²) in [5.41, 5.74) is 0.480. The summed E-state index contributed by atoms with van der Waals surface area (Å²) in [6, 6.07) is 11.6. The van der Waals surface area contributed by atoms with E-state index < -0.39 is 0 Å². The molecule has 7 nitrogen and oxygen atoms in total. The van der Waals surface area contributed by atoms with Crippen LogP contribution in [0.25, 0.3) is 10.8 Å². The van der Waals surface area contributed by atoms with Crippen LogP contribution in [-0.4, -0.2) is 48.7 Å². The van der Waals surface area contributed by atoms with E-state index >= 15 is 0 Å². The molecule has 144 valence electrons. The highest BCUT2D eigenvalue weighted by atomic mass is 16.5. The van der Waals surface area contributed by atoms with Gasteiger partial charge in [-0.15, -0.1) is 0 Å². The van der Waals surface area contributed by atoms with Crippen molar-refractivity contribution < 1.29 is 9.53 Å². The molecule has 2 aromatic carbocycles. The van der Waals surface area contributed by atoms with Crippen molar-refractivity contribution >= 4 is 28.3 Å². The van der Waals surface area contributed by atoms with E-state index in [1.807, 2.05) is 43.3 Å². The molecule has 4 rings (SSSR count). The number of hydrogen-bond donors (Lipinski definition) is 2. The van der Waals surface area contributed by atoms with Crippen molar-refractivity contribution in [1.82, 2.24) is 15.3 Å². The second-order valence-electron chi connectivity index (χ2n) is 6.58. The molecule has 0 radical (unpaired) electrons. The molecule has 0 bridgehead atoms. The molecule has 28 heavy (non-hydrogen) atoms. The van der Waals surface area contributed by atoms with Gasteiger partial charge in [0.15, 0.2) is 5.82 Å².